The molecule has 1 saturated carbocycles. The molecule has 1 N–H and O–H groups in total. The number of carbonyl (C=O) groups excluding carboxylic acids is 2. The van der Waals surface area contributed by atoms with Crippen LogP contribution in [0.25, 0.3) is 0 Å². The van der Waals surface area contributed by atoms with Crippen molar-refractivity contribution in [1.82, 2.24) is 10.3 Å². The van der Waals surface area contributed by atoms with Crippen LogP contribution in [0.2, 0.25) is 0 Å². The number of hydrogen-bond donors (Lipinski definition) is 1. The fraction of sp³-hybridized carbons (Fsp3) is 0.381. The van der Waals surface area contributed by atoms with Crippen LogP contribution in [0.3, 0.4) is 0 Å². The van der Waals surface area contributed by atoms with Gasteiger partial charge in [0.25, 0.3) is 0 Å². The predicted octanol–water partition coefficient (Wildman–Crippen LogP) is 4.15. The number of aromatic nitrogens is 1. The first-order valence-corrected chi connectivity index (χ1v) is 10.3. The van der Waals surface area contributed by atoms with E-state index in [4.69, 9.17) is 4.74 Å². The molecule has 0 atom stereocenters. The lowest BCUT2D eigenvalue weighted by Gasteiger charge is -2.13. The Kier molecular flexibility index (Phi) is 7.03. The number of amides is 1. The van der Waals surface area contributed by atoms with E-state index in [1.54, 1.807) is 12.3 Å². The van der Waals surface area contributed by atoms with Crippen LogP contribution in [-0.4, -0.2) is 28.5 Å². The third-order valence-corrected chi connectivity index (χ3v) is 5.62. The molecule has 0 spiro atoms. The number of nitrogens with zero attached hydrogens (tertiary/aromatic N) is 1. The van der Waals surface area contributed by atoms with Crippen LogP contribution in [0.1, 0.15) is 48.5 Å². The molecular formula is C21H23FN2O3S. The van der Waals surface area contributed by atoms with E-state index in [9.17, 15) is 14.0 Å². The highest BCUT2D eigenvalue weighted by Crippen LogP contribution is 2.24. The van der Waals surface area contributed by atoms with E-state index in [0.29, 0.717) is 22.9 Å². The summed E-state index contributed by atoms with van der Waals surface area (Å²) in [6, 6.07) is 7.96. The van der Waals surface area contributed by atoms with Gasteiger partial charge in [0.2, 0.25) is 11.8 Å². The van der Waals surface area contributed by atoms with Gasteiger partial charge < -0.3 is 10.1 Å². The van der Waals surface area contributed by atoms with Gasteiger partial charge in [0.15, 0.2) is 5.78 Å². The molecule has 3 rings (SSSR count). The number of Topliss-reactive ketones (excluding diaryl/α,β-unsaturated/α-hetero) is 1. The summed E-state index contributed by atoms with van der Waals surface area (Å²) in [6.45, 7) is 1.74. The Hall–Kier alpha value is -2.41. The number of carbonyl (C=O) groups is 2. The molecule has 0 bridgehead atoms. The van der Waals surface area contributed by atoms with Gasteiger partial charge in [-0.2, -0.15) is 0 Å². The third kappa shape index (κ3) is 5.79. The Balaban J connectivity index is 1.47. The summed E-state index contributed by atoms with van der Waals surface area (Å²) >= 11 is 1.10. The van der Waals surface area contributed by atoms with Crippen LogP contribution < -0.4 is 10.1 Å². The predicted molar refractivity (Wildman–Crippen MR) is 106 cm³/mol. The first-order valence-electron chi connectivity index (χ1n) is 9.33. The molecule has 0 unspecified atom stereocenters. The SMILES string of the molecule is CC(=O)c1ccc(SCC(=O)NCc2ccnc(OC3CCCC3)c2)c(F)c1. The van der Waals surface area contributed by atoms with Crippen molar-refractivity contribution < 1.29 is 18.7 Å². The number of halogens is 1. The minimum atomic E-state index is -0.492. The largest absolute Gasteiger partial charge is 0.474 e. The highest BCUT2D eigenvalue weighted by atomic mass is 32.2. The quantitative estimate of drug-likeness (QED) is 0.531. The van der Waals surface area contributed by atoms with Crippen LogP contribution in [-0.2, 0) is 11.3 Å². The van der Waals surface area contributed by atoms with Gasteiger partial charge in [-0.3, -0.25) is 9.59 Å². The van der Waals surface area contributed by atoms with Gasteiger partial charge in [-0.1, -0.05) is 6.07 Å². The summed E-state index contributed by atoms with van der Waals surface area (Å²) in [6.07, 6.45) is 6.41. The normalized spacial score (nSPS) is 14.1. The standard InChI is InChI=1S/C21H23FN2O3S/c1-14(25)16-6-7-19(18(22)11-16)28-13-20(26)24-12-15-8-9-23-21(10-15)27-17-4-2-3-5-17/h6-11,17H,2-5,12-13H2,1H3,(H,24,26). The van der Waals surface area contributed by atoms with Gasteiger partial charge in [-0.05, 0) is 56.4 Å². The number of benzene rings is 1. The average Bonchev–Trinajstić information content (AvgIpc) is 3.18. The van der Waals surface area contributed by atoms with Crippen LogP contribution in [0, 0.1) is 5.82 Å². The van der Waals surface area contributed by atoms with Gasteiger partial charge in [0.1, 0.15) is 11.9 Å². The van der Waals surface area contributed by atoms with Crippen molar-refractivity contribution in [3.8, 4) is 5.88 Å². The molecule has 0 aliphatic heterocycles. The van der Waals surface area contributed by atoms with Crippen LogP contribution in [0.5, 0.6) is 5.88 Å². The fourth-order valence-electron chi connectivity index (χ4n) is 3.03. The lowest BCUT2D eigenvalue weighted by molar-refractivity contribution is -0.118. The van der Waals surface area contributed by atoms with Crippen molar-refractivity contribution in [1.29, 1.82) is 0 Å². The van der Waals surface area contributed by atoms with Gasteiger partial charge >= 0.3 is 0 Å². The summed E-state index contributed by atoms with van der Waals surface area (Å²) in [4.78, 5) is 27.9. The maximum atomic E-state index is 14.0. The van der Waals surface area contributed by atoms with Crippen LogP contribution in [0.4, 0.5) is 4.39 Å². The maximum absolute atomic E-state index is 14.0. The lowest BCUT2D eigenvalue weighted by Crippen LogP contribution is -2.24. The molecule has 2 aromatic rings. The van der Waals surface area contributed by atoms with Crippen LogP contribution >= 0.6 is 11.8 Å². The molecule has 5 nitrogen and oxygen atoms in total. The van der Waals surface area contributed by atoms with E-state index >= 15 is 0 Å². The van der Waals surface area contributed by atoms with E-state index in [1.165, 1.54) is 31.9 Å². The van der Waals surface area contributed by atoms with Gasteiger partial charge in [-0.15, -0.1) is 11.8 Å². The minimum absolute atomic E-state index is 0.0901. The number of nitrogens with one attached hydrogen (secondary N) is 1. The molecule has 1 aliphatic carbocycles. The summed E-state index contributed by atoms with van der Waals surface area (Å²) in [7, 11) is 0. The summed E-state index contributed by atoms with van der Waals surface area (Å²) in [5.41, 5.74) is 1.22. The van der Waals surface area contributed by atoms with Gasteiger partial charge in [0, 0.05) is 29.3 Å². The van der Waals surface area contributed by atoms with E-state index in [0.717, 1.165) is 30.2 Å². The Morgan fingerprint density at radius 2 is 2.04 bits per heavy atom. The van der Waals surface area contributed by atoms with Gasteiger partial charge in [-0.25, -0.2) is 9.37 Å². The minimum Gasteiger partial charge on any atom is -0.474 e. The van der Waals surface area contributed by atoms with E-state index in [2.05, 4.69) is 10.3 Å². The summed E-state index contributed by atoms with van der Waals surface area (Å²) in [5.74, 6) is -0.210. The van der Waals surface area contributed by atoms with Gasteiger partial charge in [0.05, 0.1) is 5.75 Å². The molecule has 1 aromatic carbocycles. The molecule has 1 aliphatic rings. The fourth-order valence-corrected chi connectivity index (χ4v) is 3.78. The number of ether oxygens (including phenoxy) is 1. The molecule has 0 radical (unpaired) electrons. The summed E-state index contributed by atoms with van der Waals surface area (Å²) in [5, 5.41) is 2.82. The number of pyridine rings is 1. The molecule has 1 heterocycles. The maximum Gasteiger partial charge on any atom is 0.230 e. The third-order valence-electron chi connectivity index (χ3n) is 4.58. The molecule has 28 heavy (non-hydrogen) atoms. The molecule has 7 heteroatoms. The van der Waals surface area contributed by atoms with Crippen molar-refractivity contribution in [3.05, 3.63) is 53.5 Å². The Morgan fingerprint density at radius 1 is 1.25 bits per heavy atom. The number of ketones is 1. The van der Waals surface area contributed by atoms with Crippen molar-refractivity contribution in [3.63, 3.8) is 0 Å². The summed E-state index contributed by atoms with van der Waals surface area (Å²) < 4.78 is 19.9. The zero-order valence-electron chi connectivity index (χ0n) is 15.7. The zero-order valence-corrected chi connectivity index (χ0v) is 16.6. The van der Waals surface area contributed by atoms with E-state index in [-0.39, 0.29) is 23.5 Å². The Labute approximate surface area is 168 Å². The topological polar surface area (TPSA) is 68.3 Å². The molecule has 0 saturated heterocycles. The Bertz CT molecular complexity index is 853. The van der Waals surface area contributed by atoms with E-state index < -0.39 is 5.82 Å². The van der Waals surface area contributed by atoms with Crippen LogP contribution in [0.15, 0.2) is 41.4 Å². The average molecular weight is 402 g/mol. The number of rotatable bonds is 8. The van der Waals surface area contributed by atoms with E-state index in [1.807, 2.05) is 12.1 Å². The van der Waals surface area contributed by atoms with Crippen molar-refractivity contribution in [2.75, 3.05) is 5.75 Å². The molecule has 1 fully saturated rings. The van der Waals surface area contributed by atoms with Crippen molar-refractivity contribution in [2.24, 2.45) is 0 Å². The zero-order chi connectivity index (χ0) is 19.9. The Morgan fingerprint density at radius 3 is 2.75 bits per heavy atom. The molecule has 148 valence electrons. The first-order chi connectivity index (χ1) is 13.5. The smallest absolute Gasteiger partial charge is 0.230 e. The monoisotopic (exact) mass is 402 g/mol. The number of hydrogen-bond acceptors (Lipinski definition) is 5. The molecule has 1 amide bonds. The molecular weight excluding hydrogens is 379 g/mol. The molecule has 1 aromatic heterocycles. The highest BCUT2D eigenvalue weighted by Gasteiger charge is 2.17. The second kappa shape index (κ2) is 9.68. The lowest BCUT2D eigenvalue weighted by atomic mass is 10.1. The highest BCUT2D eigenvalue weighted by molar-refractivity contribution is 8.00. The number of thioether (sulfide) groups is 1. The van der Waals surface area contributed by atoms with Crippen molar-refractivity contribution >= 4 is 23.5 Å². The second-order valence-electron chi connectivity index (χ2n) is 6.79. The van der Waals surface area contributed by atoms with Crippen molar-refractivity contribution in [2.45, 2.75) is 50.2 Å². The second-order valence-corrected chi connectivity index (χ2v) is 7.81. The first kappa shape index (κ1) is 20.3.